The number of aryl methyl sites for hydroxylation is 1. The highest BCUT2D eigenvalue weighted by atomic mass is 32.2. The van der Waals surface area contributed by atoms with Gasteiger partial charge in [-0.25, -0.2) is 8.42 Å². The molecule has 4 rings (SSSR count). The maximum Gasteiger partial charge on any atom is 0.243 e. The van der Waals surface area contributed by atoms with Crippen molar-refractivity contribution in [2.24, 2.45) is 0 Å². The van der Waals surface area contributed by atoms with Crippen LogP contribution >= 0.6 is 0 Å². The fraction of sp³-hybridized carbons (Fsp3) is 0.469. The van der Waals surface area contributed by atoms with Crippen molar-refractivity contribution in [2.75, 3.05) is 26.3 Å². The number of hydrogen-bond donors (Lipinski definition) is 0. The minimum Gasteiger partial charge on any atom is -0.382 e. The number of ether oxygens (including phenoxy) is 1. The number of aromatic nitrogens is 1. The normalized spacial score (nSPS) is 14.5. The van der Waals surface area contributed by atoms with Gasteiger partial charge in [-0.1, -0.05) is 67.3 Å². The molecule has 0 atom stereocenters. The summed E-state index contributed by atoms with van der Waals surface area (Å²) in [4.78, 5) is 16.2. The van der Waals surface area contributed by atoms with E-state index in [0.717, 1.165) is 43.5 Å². The summed E-state index contributed by atoms with van der Waals surface area (Å²) in [5.41, 5.74) is 3.23. The summed E-state index contributed by atoms with van der Waals surface area (Å²) < 4.78 is 36.5. The number of hydrogen-bond acceptors (Lipinski definition) is 4. The van der Waals surface area contributed by atoms with Crippen LogP contribution in [0.25, 0.3) is 0 Å². The Balaban J connectivity index is 1.57. The molecular weight excluding hydrogens is 522 g/mol. The van der Waals surface area contributed by atoms with Crippen LogP contribution in [0.1, 0.15) is 62.3 Å². The van der Waals surface area contributed by atoms with Crippen molar-refractivity contribution in [2.45, 2.75) is 76.4 Å². The third kappa shape index (κ3) is 8.05. The fourth-order valence-electron chi connectivity index (χ4n) is 5.39. The van der Waals surface area contributed by atoms with Crippen molar-refractivity contribution >= 4 is 15.9 Å². The molecule has 216 valence electrons. The SMILES string of the molecule is CCOCCCN(CC(=O)N(Cc1cccn1Cc1ccccc1)C1CCCCC1)S(=O)(=O)c1ccc(C)cc1. The zero-order chi connectivity index (χ0) is 28.4. The Morgan fingerprint density at radius 1 is 0.975 bits per heavy atom. The van der Waals surface area contributed by atoms with Gasteiger partial charge in [-0.05, 0) is 62.9 Å². The predicted molar refractivity (Wildman–Crippen MR) is 158 cm³/mol. The highest BCUT2D eigenvalue weighted by molar-refractivity contribution is 7.89. The van der Waals surface area contributed by atoms with Crippen molar-refractivity contribution in [3.63, 3.8) is 0 Å². The van der Waals surface area contributed by atoms with E-state index in [4.69, 9.17) is 4.74 Å². The Labute approximate surface area is 239 Å². The van der Waals surface area contributed by atoms with Crippen molar-refractivity contribution < 1.29 is 17.9 Å². The zero-order valence-corrected chi connectivity index (χ0v) is 24.7. The van der Waals surface area contributed by atoms with Gasteiger partial charge < -0.3 is 14.2 Å². The Bertz CT molecular complexity index is 1300. The molecule has 1 aromatic heterocycles. The monoisotopic (exact) mass is 565 g/mol. The molecule has 0 bridgehead atoms. The van der Waals surface area contributed by atoms with E-state index in [-0.39, 0.29) is 29.9 Å². The summed E-state index contributed by atoms with van der Waals surface area (Å²) in [7, 11) is -3.85. The number of rotatable bonds is 14. The minimum absolute atomic E-state index is 0.105. The second-order valence-corrected chi connectivity index (χ2v) is 12.6. The van der Waals surface area contributed by atoms with Gasteiger partial charge in [0, 0.05) is 44.2 Å². The minimum atomic E-state index is -3.85. The molecule has 1 aliphatic rings. The Kier molecular flexibility index (Phi) is 11.0. The maximum absolute atomic E-state index is 14.0. The van der Waals surface area contributed by atoms with Crippen molar-refractivity contribution in [1.82, 2.24) is 13.8 Å². The number of sulfonamides is 1. The first-order valence-electron chi connectivity index (χ1n) is 14.5. The fourth-order valence-corrected chi connectivity index (χ4v) is 6.82. The Morgan fingerprint density at radius 2 is 1.70 bits per heavy atom. The van der Waals surface area contributed by atoms with E-state index >= 15 is 0 Å². The lowest BCUT2D eigenvalue weighted by atomic mass is 9.94. The summed E-state index contributed by atoms with van der Waals surface area (Å²) >= 11 is 0. The molecule has 0 aliphatic heterocycles. The van der Waals surface area contributed by atoms with Crippen LogP contribution in [-0.4, -0.2) is 60.4 Å². The Hall–Kier alpha value is -2.94. The van der Waals surface area contributed by atoms with Crippen LogP contribution in [0.5, 0.6) is 0 Å². The van der Waals surface area contributed by atoms with Crippen LogP contribution in [0.3, 0.4) is 0 Å². The van der Waals surface area contributed by atoms with Gasteiger partial charge in [0.05, 0.1) is 18.0 Å². The van der Waals surface area contributed by atoms with Crippen molar-refractivity contribution in [3.05, 3.63) is 89.7 Å². The molecule has 0 saturated heterocycles. The molecule has 7 nitrogen and oxygen atoms in total. The van der Waals surface area contributed by atoms with E-state index < -0.39 is 10.0 Å². The summed E-state index contributed by atoms with van der Waals surface area (Å²) in [6, 6.07) is 21.3. The van der Waals surface area contributed by atoms with E-state index in [1.807, 2.05) is 49.2 Å². The Morgan fingerprint density at radius 3 is 2.40 bits per heavy atom. The summed E-state index contributed by atoms with van der Waals surface area (Å²) in [6.45, 7) is 6.09. The molecule has 1 saturated carbocycles. The third-order valence-corrected chi connectivity index (χ3v) is 9.52. The second kappa shape index (κ2) is 14.6. The average molecular weight is 566 g/mol. The molecule has 3 aromatic rings. The summed E-state index contributed by atoms with van der Waals surface area (Å²) in [6.07, 6.45) is 7.80. The first-order chi connectivity index (χ1) is 19.4. The van der Waals surface area contributed by atoms with Gasteiger partial charge in [0.1, 0.15) is 0 Å². The van der Waals surface area contributed by atoms with E-state index in [1.54, 1.807) is 24.3 Å². The van der Waals surface area contributed by atoms with Crippen LogP contribution in [0.2, 0.25) is 0 Å². The van der Waals surface area contributed by atoms with Gasteiger partial charge in [-0.15, -0.1) is 0 Å². The molecule has 40 heavy (non-hydrogen) atoms. The quantitative estimate of drug-likeness (QED) is 0.238. The van der Waals surface area contributed by atoms with Crippen molar-refractivity contribution in [1.29, 1.82) is 0 Å². The van der Waals surface area contributed by atoms with Gasteiger partial charge in [0.15, 0.2) is 0 Å². The molecular formula is C32H43N3O4S. The standard InChI is InChI=1S/C32H43N3O4S/c1-3-39-23-11-22-34(40(37,38)31-19-17-27(2)18-20-31)26-32(36)35(29-14-8-5-9-15-29)25-30-16-10-21-33(30)24-28-12-6-4-7-13-28/h4,6-7,10,12-13,16-21,29H,3,5,8-9,11,14-15,22-26H2,1-2H3. The second-order valence-electron chi connectivity index (χ2n) is 10.6. The van der Waals surface area contributed by atoms with E-state index in [2.05, 4.69) is 22.8 Å². The van der Waals surface area contributed by atoms with E-state index in [1.165, 1.54) is 16.3 Å². The lowest BCUT2D eigenvalue weighted by molar-refractivity contribution is -0.135. The van der Waals surface area contributed by atoms with Crippen LogP contribution in [0.15, 0.2) is 77.8 Å². The first kappa shape index (κ1) is 30.0. The number of benzene rings is 2. The summed E-state index contributed by atoms with van der Waals surface area (Å²) in [5.74, 6) is -0.147. The number of carbonyl (C=O) groups is 1. The zero-order valence-electron chi connectivity index (χ0n) is 23.9. The molecule has 1 fully saturated rings. The van der Waals surface area contributed by atoms with Gasteiger partial charge in [-0.3, -0.25) is 4.79 Å². The average Bonchev–Trinajstić information content (AvgIpc) is 3.40. The molecule has 8 heteroatoms. The molecule has 2 aromatic carbocycles. The molecule has 0 radical (unpaired) electrons. The maximum atomic E-state index is 14.0. The lowest BCUT2D eigenvalue weighted by Crippen LogP contribution is -2.47. The van der Waals surface area contributed by atoms with Gasteiger partial charge >= 0.3 is 0 Å². The third-order valence-electron chi connectivity index (χ3n) is 7.66. The summed E-state index contributed by atoms with van der Waals surface area (Å²) in [5, 5.41) is 0. The lowest BCUT2D eigenvalue weighted by Gasteiger charge is -2.36. The smallest absolute Gasteiger partial charge is 0.243 e. The van der Waals surface area contributed by atoms with Gasteiger partial charge in [-0.2, -0.15) is 4.31 Å². The van der Waals surface area contributed by atoms with Crippen molar-refractivity contribution in [3.8, 4) is 0 Å². The molecule has 0 N–H and O–H groups in total. The predicted octanol–water partition coefficient (Wildman–Crippen LogP) is 5.62. The molecule has 0 spiro atoms. The van der Waals surface area contributed by atoms with E-state index in [9.17, 15) is 13.2 Å². The van der Waals surface area contributed by atoms with Crippen LogP contribution in [-0.2, 0) is 32.6 Å². The largest absolute Gasteiger partial charge is 0.382 e. The van der Waals surface area contributed by atoms with Crippen LogP contribution in [0, 0.1) is 6.92 Å². The highest BCUT2D eigenvalue weighted by Gasteiger charge is 2.32. The number of carbonyl (C=O) groups excluding carboxylic acids is 1. The number of amides is 1. The molecule has 1 heterocycles. The highest BCUT2D eigenvalue weighted by Crippen LogP contribution is 2.26. The van der Waals surface area contributed by atoms with Gasteiger partial charge in [0.25, 0.3) is 0 Å². The van der Waals surface area contributed by atoms with Crippen LogP contribution in [0.4, 0.5) is 0 Å². The van der Waals surface area contributed by atoms with Crippen LogP contribution < -0.4 is 0 Å². The van der Waals surface area contributed by atoms with E-state index in [0.29, 0.717) is 26.2 Å². The first-order valence-corrected chi connectivity index (χ1v) is 15.9. The molecule has 1 amide bonds. The molecule has 1 aliphatic carbocycles. The number of nitrogens with zero attached hydrogens (tertiary/aromatic N) is 3. The topological polar surface area (TPSA) is 71.8 Å². The molecule has 0 unspecified atom stereocenters. The van der Waals surface area contributed by atoms with Gasteiger partial charge in [0.2, 0.25) is 15.9 Å².